The number of aromatic hydroxyl groups is 1. The molecule has 0 amide bonds. The Bertz CT molecular complexity index is 1620. The van der Waals surface area contributed by atoms with Crippen molar-refractivity contribution < 1.29 is 38.6 Å². The molecule has 1 aliphatic rings. The third-order valence-electron chi connectivity index (χ3n) is 7.46. The van der Waals surface area contributed by atoms with Crippen LogP contribution in [-0.2, 0) is 4.74 Å². The summed E-state index contributed by atoms with van der Waals surface area (Å²) in [5.41, 5.74) is 0.690. The van der Waals surface area contributed by atoms with Crippen LogP contribution in [0.3, 0.4) is 0 Å². The number of hydrogen-bond donors (Lipinski definition) is 3. The van der Waals surface area contributed by atoms with Crippen LogP contribution in [0.25, 0.3) is 32.5 Å². The van der Waals surface area contributed by atoms with Crippen molar-refractivity contribution in [1.29, 1.82) is 0 Å². The molecule has 1 aliphatic heterocycles. The van der Waals surface area contributed by atoms with Gasteiger partial charge in [-0.2, -0.15) is 0 Å². The van der Waals surface area contributed by atoms with Gasteiger partial charge in [-0.1, -0.05) is 6.07 Å². The molecular weight excluding hydrogens is 494 g/mol. The molecule has 3 aromatic carbocycles. The van der Waals surface area contributed by atoms with Crippen molar-refractivity contribution in [2.75, 3.05) is 28.3 Å². The van der Waals surface area contributed by atoms with Crippen molar-refractivity contribution in [3.63, 3.8) is 0 Å². The molecule has 5 rings (SSSR count). The van der Waals surface area contributed by atoms with Crippen molar-refractivity contribution in [2.45, 2.75) is 44.3 Å². The summed E-state index contributed by atoms with van der Waals surface area (Å²) in [6.07, 6.45) is -4.54. The molecule has 10 nitrogen and oxygen atoms in total. The van der Waals surface area contributed by atoms with E-state index in [0.29, 0.717) is 33.2 Å². The smallest absolute Gasteiger partial charge is 0.344 e. The molecule has 0 unspecified atom stereocenters. The van der Waals surface area contributed by atoms with Gasteiger partial charge in [0.05, 0.1) is 45.2 Å². The Morgan fingerprint density at radius 2 is 1.61 bits per heavy atom. The van der Waals surface area contributed by atoms with Crippen LogP contribution in [-0.4, -0.2) is 72.6 Å². The van der Waals surface area contributed by atoms with E-state index in [4.69, 9.17) is 18.6 Å². The highest BCUT2D eigenvalue weighted by Crippen LogP contribution is 2.47. The summed E-state index contributed by atoms with van der Waals surface area (Å²) in [5, 5.41) is 47.8. The highest BCUT2D eigenvalue weighted by molar-refractivity contribution is 6.19. The molecule has 0 radical (unpaired) electrons. The quantitative estimate of drug-likeness (QED) is 0.158. The number of benzene rings is 3. The second-order valence-electron chi connectivity index (χ2n) is 10.3. The summed E-state index contributed by atoms with van der Waals surface area (Å²) in [5.74, 6) is 0.604. The first-order chi connectivity index (χ1) is 17.9. The molecule has 0 saturated carbocycles. The van der Waals surface area contributed by atoms with Gasteiger partial charge in [0, 0.05) is 16.2 Å². The standard InChI is InChI=1S/C28H31NO9/c1-12-9-16-20(18(10-12)35-5)15-11-19(36-6)22-17(30)8-7-14(21(22)26(15)38-28(16)33)27-25(32)23(29(3,4)34)24(31)13(2)37-27/h7-11,13,23-25,27,30-32H,1-6H3/t13-,23+,24+,25-,27+/m0/s1. The van der Waals surface area contributed by atoms with Gasteiger partial charge in [-0.3, -0.25) is 0 Å². The molecule has 1 saturated heterocycles. The van der Waals surface area contributed by atoms with Gasteiger partial charge >= 0.3 is 5.63 Å². The Morgan fingerprint density at radius 1 is 0.947 bits per heavy atom. The van der Waals surface area contributed by atoms with E-state index in [1.165, 1.54) is 34.4 Å². The number of aryl methyl sites for hydroxylation is 1. The topological polar surface area (TPSA) is 142 Å². The fourth-order valence-electron chi connectivity index (χ4n) is 5.74. The van der Waals surface area contributed by atoms with Gasteiger partial charge in [0.2, 0.25) is 0 Å². The molecule has 1 fully saturated rings. The maximum Gasteiger partial charge on any atom is 0.344 e. The number of aliphatic hydroxyl groups is 2. The monoisotopic (exact) mass is 525 g/mol. The van der Waals surface area contributed by atoms with Gasteiger partial charge in [-0.25, -0.2) is 4.79 Å². The lowest BCUT2D eigenvalue weighted by molar-refractivity contribution is -0.878. The molecule has 1 aromatic heterocycles. The number of fused-ring (bicyclic) bond motifs is 5. The normalized spacial score (nSPS) is 24.3. The number of aliphatic hydroxyl groups excluding tert-OH is 2. The summed E-state index contributed by atoms with van der Waals surface area (Å²) in [4.78, 5) is 13.3. The molecular formula is C28H31NO9. The first kappa shape index (κ1) is 26.2. The molecule has 3 N–H and O–H groups in total. The molecule has 38 heavy (non-hydrogen) atoms. The van der Waals surface area contributed by atoms with Crippen LogP contribution in [0.1, 0.15) is 24.2 Å². The molecule has 0 bridgehead atoms. The zero-order valence-electron chi connectivity index (χ0n) is 22.0. The predicted molar refractivity (Wildman–Crippen MR) is 142 cm³/mol. The van der Waals surface area contributed by atoms with E-state index in [-0.39, 0.29) is 22.1 Å². The van der Waals surface area contributed by atoms with Crippen LogP contribution in [0.5, 0.6) is 17.2 Å². The third kappa shape index (κ3) is 3.88. The number of quaternary nitrogens is 1. The molecule has 10 heteroatoms. The average Bonchev–Trinajstić information content (AvgIpc) is 2.85. The lowest BCUT2D eigenvalue weighted by Crippen LogP contribution is -2.64. The average molecular weight is 526 g/mol. The molecule has 0 spiro atoms. The van der Waals surface area contributed by atoms with Crippen molar-refractivity contribution in [3.8, 4) is 17.2 Å². The first-order valence-corrected chi connectivity index (χ1v) is 12.2. The number of nitrogens with zero attached hydrogens (tertiary/aromatic N) is 1. The lowest BCUT2D eigenvalue weighted by Gasteiger charge is -2.51. The number of phenols is 1. The minimum Gasteiger partial charge on any atom is -0.633 e. The SMILES string of the molecule is COc1cc2c(oc(=O)c3cc(C)cc(OC)c32)c2c([C@H]3O[C@@H](C)[C@@H](O)[C@@H]([N+](C)(C)[O-])[C@@H]3O)ccc(O)c12. The fraction of sp³-hybridized carbons (Fsp3) is 0.393. The molecule has 2 heterocycles. The van der Waals surface area contributed by atoms with E-state index in [2.05, 4.69) is 0 Å². The minimum atomic E-state index is -1.42. The molecule has 0 aliphatic carbocycles. The maximum atomic E-state index is 13.3. The Morgan fingerprint density at radius 3 is 2.24 bits per heavy atom. The van der Waals surface area contributed by atoms with Gasteiger partial charge in [0.1, 0.15) is 47.2 Å². The summed E-state index contributed by atoms with van der Waals surface area (Å²) < 4.78 is 22.3. The lowest BCUT2D eigenvalue weighted by atomic mass is 9.86. The largest absolute Gasteiger partial charge is 0.633 e. The van der Waals surface area contributed by atoms with Crippen LogP contribution in [0.15, 0.2) is 39.5 Å². The van der Waals surface area contributed by atoms with Crippen molar-refractivity contribution in [1.82, 2.24) is 0 Å². The second-order valence-corrected chi connectivity index (χ2v) is 10.3. The maximum absolute atomic E-state index is 13.3. The number of hydroxylamine groups is 3. The zero-order valence-corrected chi connectivity index (χ0v) is 22.0. The molecule has 4 aromatic rings. The van der Waals surface area contributed by atoms with E-state index < -0.39 is 40.7 Å². The number of methoxy groups -OCH3 is 2. The van der Waals surface area contributed by atoms with E-state index in [9.17, 15) is 25.3 Å². The summed E-state index contributed by atoms with van der Waals surface area (Å²) in [6.45, 7) is 3.46. The number of rotatable bonds is 4. The Hall–Kier alpha value is -3.41. The van der Waals surface area contributed by atoms with Gasteiger partial charge < -0.3 is 43.8 Å². The summed E-state index contributed by atoms with van der Waals surface area (Å²) >= 11 is 0. The van der Waals surface area contributed by atoms with Gasteiger partial charge in [-0.05, 0) is 49.2 Å². The Balaban J connectivity index is 1.93. The van der Waals surface area contributed by atoms with Gasteiger partial charge in [0.25, 0.3) is 0 Å². The van der Waals surface area contributed by atoms with E-state index in [0.717, 1.165) is 5.56 Å². The number of ether oxygens (including phenoxy) is 3. The van der Waals surface area contributed by atoms with Crippen LogP contribution in [0, 0.1) is 12.1 Å². The van der Waals surface area contributed by atoms with Crippen LogP contribution < -0.4 is 15.1 Å². The van der Waals surface area contributed by atoms with Crippen LogP contribution >= 0.6 is 0 Å². The van der Waals surface area contributed by atoms with E-state index in [1.54, 1.807) is 31.2 Å². The second kappa shape index (κ2) is 9.11. The third-order valence-corrected chi connectivity index (χ3v) is 7.46. The van der Waals surface area contributed by atoms with Crippen LogP contribution in [0.2, 0.25) is 0 Å². The first-order valence-electron chi connectivity index (χ1n) is 12.2. The van der Waals surface area contributed by atoms with Crippen LogP contribution in [0.4, 0.5) is 0 Å². The number of phenolic OH excluding ortho intramolecular Hbond substituents is 1. The summed E-state index contributed by atoms with van der Waals surface area (Å²) in [6, 6.07) is 7.02. The van der Waals surface area contributed by atoms with Crippen molar-refractivity contribution in [3.05, 3.63) is 57.1 Å². The molecule has 202 valence electrons. The Kier molecular flexibility index (Phi) is 6.28. The number of likely N-dealkylation sites (N-methyl/N-ethyl adjacent to an activating group) is 1. The van der Waals surface area contributed by atoms with E-state index >= 15 is 0 Å². The number of hydrogen-bond acceptors (Lipinski definition) is 9. The minimum absolute atomic E-state index is 0.133. The van der Waals surface area contributed by atoms with Gasteiger partial charge in [0.15, 0.2) is 0 Å². The van der Waals surface area contributed by atoms with Crippen molar-refractivity contribution >= 4 is 32.5 Å². The highest BCUT2D eigenvalue weighted by atomic mass is 16.6. The summed E-state index contributed by atoms with van der Waals surface area (Å²) in [7, 11) is 5.65. The Labute approximate surface area is 218 Å². The van der Waals surface area contributed by atoms with Gasteiger partial charge in [-0.15, -0.1) is 0 Å². The molecule has 5 atom stereocenters. The predicted octanol–water partition coefficient (Wildman–Crippen LogP) is 3.26. The fourth-order valence-corrected chi connectivity index (χ4v) is 5.74. The van der Waals surface area contributed by atoms with E-state index in [1.807, 2.05) is 6.92 Å². The highest BCUT2D eigenvalue weighted by Gasteiger charge is 2.49. The van der Waals surface area contributed by atoms with Crippen molar-refractivity contribution in [2.24, 2.45) is 0 Å². The zero-order chi connectivity index (χ0) is 27.7.